The van der Waals surface area contributed by atoms with Crippen molar-refractivity contribution in [2.45, 2.75) is 0 Å². The predicted molar refractivity (Wildman–Crippen MR) is 230 cm³/mol. The lowest BCUT2D eigenvalue weighted by Crippen LogP contribution is -2.08. The van der Waals surface area contributed by atoms with Crippen molar-refractivity contribution in [1.29, 1.82) is 0 Å². The van der Waals surface area contributed by atoms with E-state index in [4.69, 9.17) is 35.5 Å². The summed E-state index contributed by atoms with van der Waals surface area (Å²) in [4.78, 5) is 14.3. The van der Waals surface area contributed by atoms with Gasteiger partial charge in [0.25, 0.3) is 0 Å². The van der Waals surface area contributed by atoms with Crippen molar-refractivity contribution in [3.63, 3.8) is 0 Å². The largest absolute Gasteiger partial charge is 0.309 e. The van der Waals surface area contributed by atoms with Gasteiger partial charge in [0.1, 0.15) is 0 Å². The van der Waals surface area contributed by atoms with Crippen molar-refractivity contribution in [1.82, 2.24) is 24.1 Å². The molecule has 3 aromatic heterocycles. The molecule has 0 radical (unpaired) electrons. The number of aromatic nitrogens is 5. The van der Waals surface area contributed by atoms with Gasteiger partial charge in [0.05, 0.1) is 60.7 Å². The topological polar surface area (TPSA) is 48.5 Å². The summed E-state index contributed by atoms with van der Waals surface area (Å²) in [6.45, 7) is 0. The molecule has 0 aliphatic carbocycles. The molecule has 11 aromatic rings. The van der Waals surface area contributed by atoms with Crippen molar-refractivity contribution in [2.24, 2.45) is 0 Å². The molecule has 5 heteroatoms. The van der Waals surface area contributed by atoms with Crippen LogP contribution in [0.4, 0.5) is 0 Å². The Balaban J connectivity index is 1.37. The van der Waals surface area contributed by atoms with E-state index in [0.717, 1.165) is 14.7 Å². The lowest BCUT2D eigenvalue weighted by atomic mass is 10.0. The van der Waals surface area contributed by atoms with Gasteiger partial charge in [-0.2, -0.15) is 9.97 Å². The molecule has 0 aliphatic rings. The van der Waals surface area contributed by atoms with Gasteiger partial charge in [-0.1, -0.05) is 163 Å². The molecule has 0 amide bonds. The minimum absolute atomic E-state index is 0.167. The summed E-state index contributed by atoms with van der Waals surface area (Å²) >= 11 is 0. The molecule has 0 unspecified atom stereocenters. The fourth-order valence-corrected chi connectivity index (χ4v) is 6.64. The van der Waals surface area contributed by atoms with Crippen LogP contribution in [0.25, 0.3) is 100 Å². The Morgan fingerprint density at radius 1 is 0.357 bits per heavy atom. The molecule has 0 saturated heterocycles. The molecule has 11 rings (SSSR count). The van der Waals surface area contributed by atoms with E-state index in [-0.39, 0.29) is 11.4 Å². The summed E-state index contributed by atoms with van der Waals surface area (Å²) in [7, 11) is 0. The normalized spacial score (nSPS) is 17.6. The Morgan fingerprint density at radius 2 is 0.893 bits per heavy atom. The molecule has 0 bridgehead atoms. The average molecular weight is 740 g/mol. The summed E-state index contributed by atoms with van der Waals surface area (Å²) in [5, 5.41) is -1.80. The van der Waals surface area contributed by atoms with Crippen LogP contribution in [0.15, 0.2) is 200 Å². The number of rotatable bonds is 6. The monoisotopic (exact) mass is 739 g/mol. The molecule has 262 valence electrons. The van der Waals surface area contributed by atoms with E-state index in [1.54, 1.807) is 24.3 Å². The number of hydrogen-bond acceptors (Lipinski definition) is 3. The summed E-state index contributed by atoms with van der Waals surface area (Å²) in [5.41, 5.74) is -3.23. The molecule has 5 nitrogen and oxygen atoms in total. The first-order valence-corrected chi connectivity index (χ1v) is 16.9. The van der Waals surface area contributed by atoms with Gasteiger partial charge in [-0.3, -0.25) is 4.57 Å². The molecule has 0 saturated carbocycles. The minimum atomic E-state index is -0.931. The molecule has 0 aliphatic heterocycles. The van der Waals surface area contributed by atoms with Gasteiger partial charge < -0.3 is 4.57 Å². The summed E-state index contributed by atoms with van der Waals surface area (Å²) in [5.74, 6) is -1.72. The fourth-order valence-electron chi connectivity index (χ4n) is 6.64. The van der Waals surface area contributed by atoms with Crippen LogP contribution in [0.5, 0.6) is 0 Å². The second-order valence-electron chi connectivity index (χ2n) is 12.3. The van der Waals surface area contributed by atoms with Crippen LogP contribution in [0.2, 0.25) is 0 Å². The van der Waals surface area contributed by atoms with Gasteiger partial charge in [0.2, 0.25) is 5.95 Å². The highest BCUT2D eigenvalue weighted by atomic mass is 15.2. The third kappa shape index (κ3) is 5.21. The Hall–Kier alpha value is -7.63. The van der Waals surface area contributed by atoms with Crippen LogP contribution in [-0.2, 0) is 0 Å². The number of hydrogen-bond donors (Lipinski definition) is 0. The van der Waals surface area contributed by atoms with Crippen LogP contribution in [0.3, 0.4) is 0 Å². The van der Waals surface area contributed by atoms with Gasteiger partial charge in [0.15, 0.2) is 11.6 Å². The molecule has 0 atom stereocenters. The van der Waals surface area contributed by atoms with Crippen LogP contribution in [0.1, 0.15) is 32.9 Å². The number of nitrogens with zero attached hydrogens (tertiary/aromatic N) is 5. The predicted octanol–water partition coefficient (Wildman–Crippen LogP) is 12.7. The summed E-state index contributed by atoms with van der Waals surface area (Å²) in [6.07, 6.45) is 0. The molecule has 0 fully saturated rings. The highest BCUT2D eigenvalue weighted by molar-refractivity contribution is 6.11. The lowest BCUT2D eigenvalue weighted by Gasteiger charge is -2.15. The number of fused-ring (bicyclic) bond motifs is 6. The zero-order chi connectivity index (χ0) is 57.9. The molecule has 0 N–H and O–H groups in total. The highest BCUT2D eigenvalue weighted by Gasteiger charge is 2.21. The molecular weight excluding hydrogens is 683 g/mol. The van der Waals surface area contributed by atoms with E-state index in [1.807, 2.05) is 30.3 Å². The minimum Gasteiger partial charge on any atom is -0.309 e. The average Bonchev–Trinajstić information content (AvgIpc) is 4.24. The Labute approximate surface area is 357 Å². The second kappa shape index (κ2) is 13.0. The van der Waals surface area contributed by atoms with Crippen molar-refractivity contribution < 1.29 is 32.9 Å². The molecule has 0 spiro atoms. The van der Waals surface area contributed by atoms with E-state index in [2.05, 4.69) is 0 Å². The smallest absolute Gasteiger partial charge is 0.238 e. The van der Waals surface area contributed by atoms with Crippen molar-refractivity contribution in [3.8, 4) is 56.7 Å². The lowest BCUT2D eigenvalue weighted by molar-refractivity contribution is 0.952. The maximum Gasteiger partial charge on any atom is 0.238 e. The van der Waals surface area contributed by atoms with Crippen molar-refractivity contribution in [2.75, 3.05) is 0 Å². The van der Waals surface area contributed by atoms with E-state index in [9.17, 15) is 12.3 Å². The first-order chi connectivity index (χ1) is 37.8. The van der Waals surface area contributed by atoms with Gasteiger partial charge in [-0.15, -0.1) is 0 Å². The van der Waals surface area contributed by atoms with Gasteiger partial charge in [-0.05, 0) is 58.5 Å². The highest BCUT2D eigenvalue weighted by Crippen LogP contribution is 2.38. The van der Waals surface area contributed by atoms with Gasteiger partial charge in [0, 0.05) is 32.7 Å². The van der Waals surface area contributed by atoms with Crippen molar-refractivity contribution in [3.05, 3.63) is 200 Å². The molecule has 56 heavy (non-hydrogen) atoms. The van der Waals surface area contributed by atoms with E-state index in [0.29, 0.717) is 5.56 Å². The van der Waals surface area contributed by atoms with E-state index >= 15 is 0 Å². The van der Waals surface area contributed by atoms with Crippen LogP contribution in [0, 0.1) is 0 Å². The SMILES string of the molecule is [2H]c1c([2H])c([2H])c(-c2c([2H])c([2H])c3c4c([2H])c([2H])c([2H])c([2H])c4n(-c4nc(-c5ccc(-c6ccccc6)cc5)nc(-c5c([2H])c([2H])c([2H])c([2H])c5-n5c6c([2H])c([2H])c([2H])c([2H])c6c6c([2H])c([2H])c([2H])c([2H])c65)n4)c3c2[2H])c([2H])c1[2H]. The van der Waals surface area contributed by atoms with Crippen LogP contribution < -0.4 is 0 Å². The Morgan fingerprint density at radius 3 is 1.59 bits per heavy atom. The quantitative estimate of drug-likeness (QED) is 0.171. The zero-order valence-electron chi connectivity index (χ0n) is 52.4. The fraction of sp³-hybridized carbons (Fsp3) is 0. The maximum atomic E-state index is 9.87. The third-order valence-corrected chi connectivity index (χ3v) is 9.13. The molecule has 3 heterocycles. The third-order valence-electron chi connectivity index (χ3n) is 9.13. The maximum absolute atomic E-state index is 9.87. The molecular formula is C51H33N5. The number of benzene rings is 8. The first-order valence-electron chi connectivity index (χ1n) is 28.9. The van der Waals surface area contributed by atoms with Crippen molar-refractivity contribution >= 4 is 43.6 Å². The summed E-state index contributed by atoms with van der Waals surface area (Å²) in [6, 6.07) is -4.44. The Bertz CT molecular complexity index is 4530. The van der Waals surface area contributed by atoms with Gasteiger partial charge in [-0.25, -0.2) is 4.98 Å². The zero-order valence-corrected chi connectivity index (χ0v) is 28.4. The second-order valence-corrected chi connectivity index (χ2v) is 12.3. The number of para-hydroxylation sites is 4. The standard InChI is InChI=1S/C51H33N5/c1-3-15-34(16-4-1)36-27-29-37(30-28-36)49-52-50(43-22-10-14-26-47(43)55-44-23-11-7-19-39(44)40-20-8-12-24-45(40)55)54-51(53-49)56-46-25-13-9-21-41(46)42-32-31-38(33-48(42)56)35-17-5-2-6-18-35/h1-33H/i2D,5D,6D,7D,8D,9D,10D,11D,12D,13D,14D,17D,18D,19D,20D,21D,22D,23D,24D,25D,26D,31D,32D,33D. The Kier molecular flexibility index (Phi) is 3.73. The van der Waals surface area contributed by atoms with E-state index < -0.39 is 223 Å². The van der Waals surface area contributed by atoms with Crippen LogP contribution >= 0.6 is 0 Å². The summed E-state index contributed by atoms with van der Waals surface area (Å²) < 4.78 is 218. The van der Waals surface area contributed by atoms with Crippen LogP contribution in [-0.4, -0.2) is 24.1 Å². The van der Waals surface area contributed by atoms with E-state index in [1.165, 1.54) is 0 Å². The first kappa shape index (κ1) is 16.0. The van der Waals surface area contributed by atoms with Gasteiger partial charge >= 0.3 is 0 Å². The molecule has 8 aromatic carbocycles.